The second-order valence-electron chi connectivity index (χ2n) is 5.42. The normalized spacial score (nSPS) is 11.5. The molecule has 0 unspecified atom stereocenters. The molecule has 1 aromatic heterocycles. The van der Waals surface area contributed by atoms with Crippen molar-refractivity contribution >= 4 is 0 Å². The van der Waals surface area contributed by atoms with E-state index in [9.17, 15) is 4.79 Å². The molecule has 0 bridgehead atoms. The van der Waals surface area contributed by atoms with Crippen LogP contribution < -0.4 is 5.56 Å². The Morgan fingerprint density at radius 2 is 1.72 bits per heavy atom. The van der Waals surface area contributed by atoms with Gasteiger partial charge >= 0.3 is 0 Å². The van der Waals surface area contributed by atoms with Crippen LogP contribution in [0.5, 0.6) is 0 Å². The lowest BCUT2D eigenvalue weighted by Crippen LogP contribution is -2.30. The summed E-state index contributed by atoms with van der Waals surface area (Å²) >= 11 is 0. The number of hydrogen-bond donors (Lipinski definition) is 0. The lowest BCUT2D eigenvalue weighted by molar-refractivity contribution is 0.427. The highest BCUT2D eigenvalue weighted by atomic mass is 16.1. The molecule has 0 atom stereocenters. The maximum atomic E-state index is 11.7. The fourth-order valence-corrected chi connectivity index (χ4v) is 2.11. The van der Waals surface area contributed by atoms with Crippen LogP contribution in [0, 0.1) is 6.92 Å². The second-order valence-corrected chi connectivity index (χ2v) is 5.42. The molecule has 0 amide bonds. The van der Waals surface area contributed by atoms with E-state index in [4.69, 9.17) is 0 Å². The van der Waals surface area contributed by atoms with Crippen LogP contribution in [0.25, 0.3) is 0 Å². The Kier molecular flexibility index (Phi) is 3.37. The van der Waals surface area contributed by atoms with Gasteiger partial charge < -0.3 is 4.57 Å². The van der Waals surface area contributed by atoms with Gasteiger partial charge in [-0.3, -0.25) is 4.79 Å². The molecule has 94 valence electrons. The Morgan fingerprint density at radius 3 is 2.33 bits per heavy atom. The molecule has 0 aliphatic carbocycles. The molecule has 0 radical (unpaired) electrons. The zero-order chi connectivity index (χ0) is 13.2. The third-order valence-electron chi connectivity index (χ3n) is 3.30. The number of nitrogens with zero attached hydrogens (tertiary/aromatic N) is 1. The van der Waals surface area contributed by atoms with Crippen LogP contribution in [0.3, 0.4) is 0 Å². The number of aromatic nitrogens is 1. The van der Waals surface area contributed by atoms with Crippen molar-refractivity contribution in [3.05, 3.63) is 70.1 Å². The summed E-state index contributed by atoms with van der Waals surface area (Å²) < 4.78 is 1.76. The van der Waals surface area contributed by atoms with E-state index >= 15 is 0 Å². The Balaban J connectivity index is 2.30. The highest BCUT2D eigenvalue weighted by molar-refractivity contribution is 5.27. The molecule has 0 spiro atoms. The molecule has 0 aliphatic heterocycles. The minimum Gasteiger partial charge on any atom is -0.315 e. The first-order valence-electron chi connectivity index (χ1n) is 6.22. The van der Waals surface area contributed by atoms with Gasteiger partial charge in [0.1, 0.15) is 0 Å². The third-order valence-corrected chi connectivity index (χ3v) is 3.30. The summed E-state index contributed by atoms with van der Waals surface area (Å²) in [6, 6.07) is 13.8. The van der Waals surface area contributed by atoms with E-state index in [1.54, 1.807) is 16.7 Å². The quantitative estimate of drug-likeness (QED) is 0.809. The molecule has 2 aromatic rings. The van der Waals surface area contributed by atoms with Crippen molar-refractivity contribution in [1.29, 1.82) is 0 Å². The van der Waals surface area contributed by atoms with Crippen molar-refractivity contribution in [2.45, 2.75) is 32.7 Å². The zero-order valence-electron chi connectivity index (χ0n) is 11.2. The SMILES string of the molecule is Cc1ccc(C(C)(C)Cn2ccccc2=O)cc1. The third kappa shape index (κ3) is 2.70. The van der Waals surface area contributed by atoms with Crippen molar-refractivity contribution in [3.8, 4) is 0 Å². The van der Waals surface area contributed by atoms with E-state index < -0.39 is 0 Å². The molecular formula is C16H19NO. The van der Waals surface area contributed by atoms with Crippen LogP contribution in [0.15, 0.2) is 53.5 Å². The summed E-state index contributed by atoms with van der Waals surface area (Å²) in [5.74, 6) is 0. The first-order valence-corrected chi connectivity index (χ1v) is 6.22. The Labute approximate surface area is 108 Å². The predicted octanol–water partition coefficient (Wildman–Crippen LogP) is 3.13. The molecule has 1 heterocycles. The number of aryl methyl sites for hydroxylation is 1. The van der Waals surface area contributed by atoms with Crippen molar-refractivity contribution in [2.75, 3.05) is 0 Å². The van der Waals surface area contributed by atoms with Gasteiger partial charge in [0.15, 0.2) is 0 Å². The predicted molar refractivity (Wildman–Crippen MR) is 74.9 cm³/mol. The molecule has 2 rings (SSSR count). The van der Waals surface area contributed by atoms with E-state index in [1.807, 2.05) is 12.3 Å². The minimum atomic E-state index is -0.0567. The molecular weight excluding hydrogens is 222 g/mol. The zero-order valence-corrected chi connectivity index (χ0v) is 11.2. The van der Waals surface area contributed by atoms with Crippen molar-refractivity contribution in [2.24, 2.45) is 0 Å². The van der Waals surface area contributed by atoms with Gasteiger partial charge in [0.25, 0.3) is 5.56 Å². The van der Waals surface area contributed by atoms with E-state index in [-0.39, 0.29) is 11.0 Å². The van der Waals surface area contributed by atoms with Gasteiger partial charge in [-0.1, -0.05) is 49.7 Å². The van der Waals surface area contributed by atoms with Crippen molar-refractivity contribution in [1.82, 2.24) is 4.57 Å². The average Bonchev–Trinajstić information content (AvgIpc) is 2.32. The average molecular weight is 241 g/mol. The lowest BCUT2D eigenvalue weighted by atomic mass is 9.84. The van der Waals surface area contributed by atoms with Crippen LogP contribution in [-0.2, 0) is 12.0 Å². The molecule has 1 aromatic carbocycles. The summed E-state index contributed by atoms with van der Waals surface area (Å²) in [5.41, 5.74) is 2.51. The summed E-state index contributed by atoms with van der Waals surface area (Å²) in [6.45, 7) is 7.10. The summed E-state index contributed by atoms with van der Waals surface area (Å²) in [4.78, 5) is 11.7. The van der Waals surface area contributed by atoms with Gasteiger partial charge in [-0.25, -0.2) is 0 Å². The number of hydrogen-bond acceptors (Lipinski definition) is 1. The molecule has 0 saturated heterocycles. The summed E-state index contributed by atoms with van der Waals surface area (Å²) in [7, 11) is 0. The maximum absolute atomic E-state index is 11.7. The van der Waals surface area contributed by atoms with Crippen LogP contribution in [-0.4, -0.2) is 4.57 Å². The molecule has 0 fully saturated rings. The van der Waals surface area contributed by atoms with Gasteiger partial charge in [-0.15, -0.1) is 0 Å². The largest absolute Gasteiger partial charge is 0.315 e. The van der Waals surface area contributed by atoms with Crippen LogP contribution >= 0.6 is 0 Å². The van der Waals surface area contributed by atoms with E-state index in [2.05, 4.69) is 45.0 Å². The van der Waals surface area contributed by atoms with Gasteiger partial charge in [0.05, 0.1) is 0 Å². The van der Waals surface area contributed by atoms with Gasteiger partial charge in [-0.2, -0.15) is 0 Å². The highest BCUT2D eigenvalue weighted by Crippen LogP contribution is 2.24. The van der Waals surface area contributed by atoms with Crippen molar-refractivity contribution in [3.63, 3.8) is 0 Å². The van der Waals surface area contributed by atoms with E-state index in [0.717, 1.165) is 0 Å². The van der Waals surface area contributed by atoms with E-state index in [0.29, 0.717) is 6.54 Å². The minimum absolute atomic E-state index is 0.0534. The standard InChI is InChI=1S/C16H19NO/c1-13-7-9-14(10-8-13)16(2,3)12-17-11-5-4-6-15(17)18/h4-11H,12H2,1-3H3. The first-order chi connectivity index (χ1) is 8.49. The monoisotopic (exact) mass is 241 g/mol. The van der Waals surface area contributed by atoms with Crippen LogP contribution in [0.2, 0.25) is 0 Å². The van der Waals surface area contributed by atoms with E-state index in [1.165, 1.54) is 11.1 Å². The highest BCUT2D eigenvalue weighted by Gasteiger charge is 2.21. The number of benzene rings is 1. The summed E-state index contributed by atoms with van der Waals surface area (Å²) in [5, 5.41) is 0. The first kappa shape index (κ1) is 12.6. The second kappa shape index (κ2) is 4.81. The summed E-state index contributed by atoms with van der Waals surface area (Å²) in [6.07, 6.45) is 1.85. The molecule has 0 saturated carbocycles. The van der Waals surface area contributed by atoms with Crippen LogP contribution in [0.1, 0.15) is 25.0 Å². The molecule has 0 aliphatic rings. The van der Waals surface area contributed by atoms with Gasteiger partial charge in [0, 0.05) is 24.2 Å². The fraction of sp³-hybridized carbons (Fsp3) is 0.312. The van der Waals surface area contributed by atoms with Gasteiger partial charge in [0.2, 0.25) is 0 Å². The smallest absolute Gasteiger partial charge is 0.250 e. The lowest BCUT2D eigenvalue weighted by Gasteiger charge is -2.26. The Bertz CT molecular complexity index is 579. The molecule has 18 heavy (non-hydrogen) atoms. The molecule has 0 N–H and O–H groups in total. The topological polar surface area (TPSA) is 22.0 Å². The molecule has 2 heteroatoms. The number of rotatable bonds is 3. The Hall–Kier alpha value is -1.83. The fourth-order valence-electron chi connectivity index (χ4n) is 2.11. The van der Waals surface area contributed by atoms with Gasteiger partial charge in [-0.05, 0) is 18.6 Å². The molecule has 2 nitrogen and oxygen atoms in total. The maximum Gasteiger partial charge on any atom is 0.250 e. The number of pyridine rings is 1. The van der Waals surface area contributed by atoms with Crippen molar-refractivity contribution < 1.29 is 0 Å². The Morgan fingerprint density at radius 1 is 1.06 bits per heavy atom. The van der Waals surface area contributed by atoms with Crippen LogP contribution in [0.4, 0.5) is 0 Å².